The van der Waals surface area contributed by atoms with Crippen molar-refractivity contribution in [3.63, 3.8) is 0 Å². The van der Waals surface area contributed by atoms with Crippen LogP contribution >= 0.6 is 0 Å². The normalized spacial score (nSPS) is 23.9. The van der Waals surface area contributed by atoms with E-state index in [0.717, 1.165) is 24.2 Å². The van der Waals surface area contributed by atoms with E-state index in [4.69, 9.17) is 9.47 Å². The van der Waals surface area contributed by atoms with E-state index in [1.165, 1.54) is 5.56 Å². The molecule has 170 valence electrons. The first-order valence-electron chi connectivity index (χ1n) is 11.6. The van der Waals surface area contributed by atoms with Crippen LogP contribution in [0, 0.1) is 0 Å². The Labute approximate surface area is 195 Å². The van der Waals surface area contributed by atoms with Crippen LogP contribution < -0.4 is 5.32 Å². The molecule has 2 aliphatic rings. The van der Waals surface area contributed by atoms with Crippen molar-refractivity contribution in [2.24, 2.45) is 0 Å². The van der Waals surface area contributed by atoms with Crippen molar-refractivity contribution in [1.82, 2.24) is 10.2 Å². The number of carbonyl (C=O) groups is 1. The number of amides is 1. The zero-order valence-corrected chi connectivity index (χ0v) is 19.1. The third-order valence-corrected chi connectivity index (χ3v) is 6.44. The molecule has 5 rings (SSSR count). The SMILES string of the molecule is CC1(C)O[C@H]2[C@H](CN(Cc3ccccc3)[C@@H]2CNC(=O)c2ccc(-c3ccccc3)cc2)O1. The molecule has 3 aromatic carbocycles. The van der Waals surface area contributed by atoms with Gasteiger partial charge < -0.3 is 14.8 Å². The second kappa shape index (κ2) is 9.10. The second-order valence-corrected chi connectivity index (χ2v) is 9.27. The third kappa shape index (κ3) is 4.86. The molecule has 0 aromatic heterocycles. The van der Waals surface area contributed by atoms with Crippen molar-refractivity contribution >= 4 is 5.91 Å². The van der Waals surface area contributed by atoms with Crippen LogP contribution in [0.4, 0.5) is 0 Å². The van der Waals surface area contributed by atoms with Crippen LogP contribution in [0.5, 0.6) is 0 Å². The van der Waals surface area contributed by atoms with Gasteiger partial charge in [0.2, 0.25) is 0 Å². The molecule has 0 unspecified atom stereocenters. The maximum Gasteiger partial charge on any atom is 0.251 e. The lowest BCUT2D eigenvalue weighted by Crippen LogP contribution is -2.46. The van der Waals surface area contributed by atoms with Gasteiger partial charge in [0.15, 0.2) is 5.79 Å². The van der Waals surface area contributed by atoms with Crippen LogP contribution in [0.25, 0.3) is 11.1 Å². The number of nitrogens with zero attached hydrogens (tertiary/aromatic N) is 1. The van der Waals surface area contributed by atoms with Crippen molar-refractivity contribution in [1.29, 1.82) is 0 Å². The summed E-state index contributed by atoms with van der Waals surface area (Å²) in [5.74, 6) is -0.667. The molecule has 0 aliphatic carbocycles. The molecule has 0 spiro atoms. The number of nitrogens with one attached hydrogen (secondary N) is 1. The van der Waals surface area contributed by atoms with E-state index >= 15 is 0 Å². The van der Waals surface area contributed by atoms with Crippen molar-refractivity contribution in [3.8, 4) is 11.1 Å². The van der Waals surface area contributed by atoms with E-state index in [9.17, 15) is 4.79 Å². The fourth-order valence-corrected chi connectivity index (χ4v) is 4.89. The quantitative estimate of drug-likeness (QED) is 0.611. The minimum atomic E-state index is -0.594. The zero-order valence-electron chi connectivity index (χ0n) is 19.1. The smallest absolute Gasteiger partial charge is 0.251 e. The minimum Gasteiger partial charge on any atom is -0.350 e. The number of likely N-dealkylation sites (tertiary alicyclic amines) is 1. The summed E-state index contributed by atoms with van der Waals surface area (Å²) in [5.41, 5.74) is 4.13. The van der Waals surface area contributed by atoms with E-state index < -0.39 is 5.79 Å². The summed E-state index contributed by atoms with van der Waals surface area (Å²) in [6.45, 7) is 6.00. The lowest BCUT2D eigenvalue weighted by atomic mass is 10.0. The van der Waals surface area contributed by atoms with Gasteiger partial charge in [-0.15, -0.1) is 0 Å². The fourth-order valence-electron chi connectivity index (χ4n) is 4.89. The van der Waals surface area contributed by atoms with Gasteiger partial charge in [-0.05, 0) is 42.7 Å². The number of fused-ring (bicyclic) bond motifs is 1. The Morgan fingerprint density at radius 1 is 0.909 bits per heavy atom. The molecule has 1 amide bonds. The van der Waals surface area contributed by atoms with E-state index in [1.54, 1.807) is 0 Å². The number of ether oxygens (including phenoxy) is 2. The van der Waals surface area contributed by atoms with Crippen molar-refractivity contribution in [3.05, 3.63) is 96.1 Å². The van der Waals surface area contributed by atoms with Gasteiger partial charge in [0.1, 0.15) is 12.2 Å². The molecule has 2 aliphatic heterocycles. The zero-order chi connectivity index (χ0) is 22.8. The first-order chi connectivity index (χ1) is 16.0. The maximum atomic E-state index is 12.9. The predicted molar refractivity (Wildman–Crippen MR) is 129 cm³/mol. The Balaban J connectivity index is 1.27. The van der Waals surface area contributed by atoms with E-state index in [2.05, 4.69) is 46.6 Å². The Kier molecular flexibility index (Phi) is 6.02. The topological polar surface area (TPSA) is 50.8 Å². The molecule has 5 nitrogen and oxygen atoms in total. The van der Waals surface area contributed by atoms with Crippen LogP contribution in [0.15, 0.2) is 84.9 Å². The molecule has 3 atom stereocenters. The highest BCUT2D eigenvalue weighted by Crippen LogP contribution is 2.37. The lowest BCUT2D eigenvalue weighted by molar-refractivity contribution is -0.161. The third-order valence-electron chi connectivity index (χ3n) is 6.44. The maximum absolute atomic E-state index is 12.9. The molecule has 0 bridgehead atoms. The Bertz CT molecular complexity index is 1080. The summed E-state index contributed by atoms with van der Waals surface area (Å²) in [4.78, 5) is 15.3. The molecule has 0 saturated carbocycles. The highest BCUT2D eigenvalue weighted by atomic mass is 16.8. The van der Waals surface area contributed by atoms with Gasteiger partial charge in [-0.2, -0.15) is 0 Å². The largest absolute Gasteiger partial charge is 0.350 e. The highest BCUT2D eigenvalue weighted by molar-refractivity contribution is 5.94. The Hall–Kier alpha value is -2.99. The van der Waals surface area contributed by atoms with Crippen LogP contribution in [0.2, 0.25) is 0 Å². The standard InChI is InChI=1S/C28H30N2O3/c1-28(2)32-25-19-30(18-20-9-5-3-6-10-20)24(26(25)33-28)17-29-27(31)23-15-13-22(14-16-23)21-11-7-4-8-12-21/h3-16,24-26H,17-19H2,1-2H3,(H,29,31)/t24-,25+,26-/m1/s1. The molecular formula is C28H30N2O3. The summed E-state index contributed by atoms with van der Waals surface area (Å²) in [5, 5.41) is 3.14. The number of carbonyl (C=O) groups excluding carboxylic acids is 1. The predicted octanol–water partition coefficient (Wildman–Crippen LogP) is 4.49. The van der Waals surface area contributed by atoms with Gasteiger partial charge in [0, 0.05) is 25.2 Å². The highest BCUT2D eigenvalue weighted by Gasteiger charge is 2.52. The van der Waals surface area contributed by atoms with Crippen molar-refractivity contribution in [2.45, 2.75) is 44.4 Å². The van der Waals surface area contributed by atoms with E-state index in [1.807, 2.05) is 62.4 Å². The van der Waals surface area contributed by atoms with Crippen molar-refractivity contribution < 1.29 is 14.3 Å². The number of hydrogen-bond acceptors (Lipinski definition) is 4. The average Bonchev–Trinajstić information content (AvgIpc) is 3.29. The fraction of sp³-hybridized carbons (Fsp3) is 0.321. The van der Waals surface area contributed by atoms with Crippen LogP contribution in [-0.4, -0.2) is 47.9 Å². The Morgan fingerprint density at radius 2 is 1.55 bits per heavy atom. The number of benzene rings is 3. The van der Waals surface area contributed by atoms with Crippen LogP contribution in [-0.2, 0) is 16.0 Å². The van der Waals surface area contributed by atoms with Gasteiger partial charge in [0.25, 0.3) is 5.91 Å². The summed E-state index contributed by atoms with van der Waals surface area (Å²) >= 11 is 0. The summed E-state index contributed by atoms with van der Waals surface area (Å²) in [7, 11) is 0. The number of hydrogen-bond donors (Lipinski definition) is 1. The molecule has 2 heterocycles. The molecule has 0 radical (unpaired) electrons. The van der Waals surface area contributed by atoms with E-state index in [0.29, 0.717) is 12.1 Å². The lowest BCUT2D eigenvalue weighted by Gasteiger charge is -2.30. The molecule has 33 heavy (non-hydrogen) atoms. The summed E-state index contributed by atoms with van der Waals surface area (Å²) in [6, 6.07) is 28.4. The van der Waals surface area contributed by atoms with Gasteiger partial charge in [-0.1, -0.05) is 72.8 Å². The van der Waals surface area contributed by atoms with Gasteiger partial charge in [-0.25, -0.2) is 0 Å². The first kappa shape index (κ1) is 21.8. The Morgan fingerprint density at radius 3 is 2.24 bits per heavy atom. The monoisotopic (exact) mass is 442 g/mol. The summed E-state index contributed by atoms with van der Waals surface area (Å²) < 4.78 is 12.4. The first-order valence-corrected chi connectivity index (χ1v) is 11.6. The molecule has 1 N–H and O–H groups in total. The minimum absolute atomic E-state index is 0.00997. The molecule has 3 aromatic rings. The van der Waals surface area contributed by atoms with Gasteiger partial charge in [-0.3, -0.25) is 9.69 Å². The molecule has 2 saturated heterocycles. The van der Waals surface area contributed by atoms with Gasteiger partial charge >= 0.3 is 0 Å². The summed E-state index contributed by atoms with van der Waals surface area (Å²) in [6.07, 6.45) is -0.0553. The average molecular weight is 443 g/mol. The molecule has 2 fully saturated rings. The van der Waals surface area contributed by atoms with Crippen LogP contribution in [0.3, 0.4) is 0 Å². The van der Waals surface area contributed by atoms with Crippen molar-refractivity contribution in [2.75, 3.05) is 13.1 Å². The van der Waals surface area contributed by atoms with Gasteiger partial charge in [0.05, 0.1) is 6.04 Å². The molecular weight excluding hydrogens is 412 g/mol. The van der Waals surface area contributed by atoms with E-state index in [-0.39, 0.29) is 24.2 Å². The second-order valence-electron chi connectivity index (χ2n) is 9.27. The van der Waals surface area contributed by atoms with Crippen LogP contribution in [0.1, 0.15) is 29.8 Å². The number of rotatable bonds is 6. The molecule has 5 heteroatoms.